The average molecular weight is 602 g/mol. The van der Waals surface area contributed by atoms with Gasteiger partial charge in [0.25, 0.3) is 5.91 Å². The zero-order valence-corrected chi connectivity index (χ0v) is 25.2. The average Bonchev–Trinajstić information content (AvgIpc) is 3.06. The molecule has 0 aliphatic carbocycles. The maximum absolute atomic E-state index is 12.8. The number of carbonyl (C=O) groups excluding carboxylic acids is 2. The molecule has 6 rings (SSSR count). The molecule has 3 saturated heterocycles. The third-order valence-corrected chi connectivity index (χ3v) is 8.11. The Kier molecular flexibility index (Phi) is 9.15. The number of hydrogen-bond donors (Lipinski definition) is 2. The van der Waals surface area contributed by atoms with Crippen LogP contribution in [0.15, 0.2) is 48.5 Å². The molecule has 13 heteroatoms. The van der Waals surface area contributed by atoms with Gasteiger partial charge in [-0.25, -0.2) is 4.79 Å². The van der Waals surface area contributed by atoms with Crippen molar-refractivity contribution in [3.63, 3.8) is 0 Å². The predicted octanol–water partition coefficient (Wildman–Crippen LogP) is 2.63. The van der Waals surface area contributed by atoms with Crippen LogP contribution >= 0.6 is 0 Å². The van der Waals surface area contributed by atoms with Crippen LogP contribution in [0.25, 0.3) is 11.4 Å². The zero-order valence-electron chi connectivity index (χ0n) is 25.2. The van der Waals surface area contributed by atoms with E-state index in [1.165, 1.54) is 0 Å². The highest BCUT2D eigenvalue weighted by Gasteiger charge is 2.25. The van der Waals surface area contributed by atoms with E-state index in [0.29, 0.717) is 80.7 Å². The van der Waals surface area contributed by atoms with Gasteiger partial charge >= 0.3 is 6.03 Å². The minimum atomic E-state index is -0.380. The van der Waals surface area contributed by atoms with Crippen LogP contribution in [-0.4, -0.2) is 122 Å². The molecule has 0 radical (unpaired) electrons. The summed E-state index contributed by atoms with van der Waals surface area (Å²) < 4.78 is 11.1. The Labute approximate surface area is 257 Å². The Bertz CT molecular complexity index is 1440. The van der Waals surface area contributed by atoms with Gasteiger partial charge < -0.3 is 39.7 Å². The van der Waals surface area contributed by atoms with Crippen LogP contribution in [0.4, 0.5) is 28.1 Å². The first-order chi connectivity index (χ1) is 21.4. The third-order valence-electron chi connectivity index (χ3n) is 8.11. The van der Waals surface area contributed by atoms with Crippen molar-refractivity contribution in [1.82, 2.24) is 24.8 Å². The molecule has 0 bridgehead atoms. The van der Waals surface area contributed by atoms with E-state index in [1.54, 1.807) is 24.3 Å². The lowest BCUT2D eigenvalue weighted by atomic mass is 10.1. The Hall–Kier alpha value is -4.33. The summed E-state index contributed by atoms with van der Waals surface area (Å²) in [6.07, 6.45) is 0. The summed E-state index contributed by atoms with van der Waals surface area (Å²) in [4.78, 5) is 48.4. The van der Waals surface area contributed by atoms with Gasteiger partial charge in [-0.1, -0.05) is 0 Å². The number of morpholine rings is 2. The normalized spacial score (nSPS) is 19.5. The number of rotatable bonds is 6. The van der Waals surface area contributed by atoms with E-state index >= 15 is 0 Å². The monoisotopic (exact) mass is 601 g/mol. The van der Waals surface area contributed by atoms with Crippen molar-refractivity contribution in [2.45, 2.75) is 13.0 Å². The number of nitrogens with zero attached hydrogens (tertiary/aromatic N) is 7. The highest BCUT2D eigenvalue weighted by molar-refractivity contribution is 6.00. The topological polar surface area (TPSA) is 128 Å². The Morgan fingerprint density at radius 3 is 2.02 bits per heavy atom. The molecule has 3 amide bonds. The molecular formula is C31H39N9O4. The second kappa shape index (κ2) is 13.5. The molecule has 3 aliphatic heterocycles. The van der Waals surface area contributed by atoms with Gasteiger partial charge in [0.2, 0.25) is 11.9 Å². The molecule has 0 spiro atoms. The van der Waals surface area contributed by atoms with Crippen LogP contribution in [0.3, 0.4) is 0 Å². The first-order valence-corrected chi connectivity index (χ1v) is 15.1. The van der Waals surface area contributed by atoms with Crippen LogP contribution < -0.4 is 20.4 Å². The fraction of sp³-hybridized carbons (Fsp3) is 0.452. The molecule has 3 fully saturated rings. The van der Waals surface area contributed by atoms with E-state index in [9.17, 15) is 9.59 Å². The molecule has 2 N–H and O–H groups in total. The van der Waals surface area contributed by atoms with E-state index in [0.717, 1.165) is 31.7 Å². The predicted molar refractivity (Wildman–Crippen MR) is 168 cm³/mol. The van der Waals surface area contributed by atoms with Crippen LogP contribution in [0, 0.1) is 0 Å². The van der Waals surface area contributed by atoms with Crippen molar-refractivity contribution in [3.8, 4) is 11.4 Å². The summed E-state index contributed by atoms with van der Waals surface area (Å²) in [6, 6.07) is 14.2. The van der Waals surface area contributed by atoms with Gasteiger partial charge in [-0.3, -0.25) is 4.79 Å². The minimum Gasteiger partial charge on any atom is -0.378 e. The lowest BCUT2D eigenvalue weighted by Crippen LogP contribution is -2.47. The highest BCUT2D eigenvalue weighted by atomic mass is 16.5. The van der Waals surface area contributed by atoms with Crippen LogP contribution in [0.2, 0.25) is 0 Å². The quantitative estimate of drug-likeness (QED) is 0.435. The van der Waals surface area contributed by atoms with E-state index < -0.39 is 0 Å². The maximum Gasteiger partial charge on any atom is 0.323 e. The first-order valence-electron chi connectivity index (χ1n) is 15.1. The molecule has 3 aromatic rings. The number of benzene rings is 2. The van der Waals surface area contributed by atoms with Crippen molar-refractivity contribution < 1.29 is 19.1 Å². The SMILES string of the molecule is C[C@H]1COCCN1c1nc(-c2ccc(NC(=O)Nc3ccc(C(=O)N4CCN(C)CC4)cc3)cc2)nc(N2CCOCC2)n1. The Morgan fingerprint density at radius 1 is 0.750 bits per heavy atom. The van der Waals surface area contributed by atoms with Crippen molar-refractivity contribution in [2.24, 2.45) is 0 Å². The molecule has 1 aromatic heterocycles. The van der Waals surface area contributed by atoms with Gasteiger partial charge in [0.15, 0.2) is 5.82 Å². The number of amides is 3. The summed E-state index contributed by atoms with van der Waals surface area (Å²) in [6.45, 7) is 9.92. The number of piperazine rings is 1. The first kappa shape index (κ1) is 29.7. The van der Waals surface area contributed by atoms with Gasteiger partial charge in [0.05, 0.1) is 32.5 Å². The number of urea groups is 1. The third kappa shape index (κ3) is 7.07. The Morgan fingerprint density at radius 2 is 1.36 bits per heavy atom. The number of ether oxygens (including phenoxy) is 2. The summed E-state index contributed by atoms with van der Waals surface area (Å²) in [7, 11) is 2.06. The number of nitrogens with one attached hydrogen (secondary N) is 2. The van der Waals surface area contributed by atoms with Gasteiger partial charge in [0, 0.05) is 68.3 Å². The Balaban J connectivity index is 1.11. The highest BCUT2D eigenvalue weighted by Crippen LogP contribution is 2.25. The summed E-state index contributed by atoms with van der Waals surface area (Å²) >= 11 is 0. The number of carbonyl (C=O) groups is 2. The van der Waals surface area contributed by atoms with Gasteiger partial charge in [-0.15, -0.1) is 0 Å². The van der Waals surface area contributed by atoms with E-state index in [-0.39, 0.29) is 18.0 Å². The summed E-state index contributed by atoms with van der Waals surface area (Å²) in [5.41, 5.74) is 2.64. The smallest absolute Gasteiger partial charge is 0.323 e. The standard InChI is InChI=1S/C31H39N9O4/c1-22-21-44-20-17-40(22)30-35-27(34-29(36-30)39-15-18-43-19-16-39)23-3-7-25(8-4-23)32-31(42)33-26-9-5-24(6-10-26)28(41)38-13-11-37(2)12-14-38/h3-10,22H,11-21H2,1-2H3,(H2,32,33,42)/t22-/m0/s1. The summed E-state index contributed by atoms with van der Waals surface area (Å²) in [5.74, 6) is 1.84. The van der Waals surface area contributed by atoms with Gasteiger partial charge in [0.1, 0.15) is 0 Å². The lowest BCUT2D eigenvalue weighted by molar-refractivity contribution is 0.0664. The number of aromatic nitrogens is 3. The lowest BCUT2D eigenvalue weighted by Gasteiger charge is -2.34. The second-order valence-corrected chi connectivity index (χ2v) is 11.3. The van der Waals surface area contributed by atoms with Crippen molar-refractivity contribution in [1.29, 1.82) is 0 Å². The number of hydrogen-bond acceptors (Lipinski definition) is 10. The fourth-order valence-electron chi connectivity index (χ4n) is 5.42. The molecule has 0 unspecified atom stereocenters. The van der Waals surface area contributed by atoms with E-state index in [1.807, 2.05) is 29.2 Å². The molecule has 44 heavy (non-hydrogen) atoms. The van der Waals surface area contributed by atoms with Crippen LogP contribution in [0.5, 0.6) is 0 Å². The largest absolute Gasteiger partial charge is 0.378 e. The minimum absolute atomic E-state index is 0.0102. The number of likely N-dealkylation sites (N-methyl/N-ethyl adjacent to an activating group) is 1. The number of anilines is 4. The summed E-state index contributed by atoms with van der Waals surface area (Å²) in [5, 5.41) is 5.70. The van der Waals surface area contributed by atoms with Crippen molar-refractivity contribution in [3.05, 3.63) is 54.1 Å². The molecule has 13 nitrogen and oxygen atoms in total. The fourth-order valence-corrected chi connectivity index (χ4v) is 5.42. The second-order valence-electron chi connectivity index (χ2n) is 11.3. The maximum atomic E-state index is 12.8. The molecule has 0 saturated carbocycles. The molecule has 3 aliphatic rings. The molecule has 4 heterocycles. The van der Waals surface area contributed by atoms with E-state index in [4.69, 9.17) is 24.4 Å². The zero-order chi connectivity index (χ0) is 30.5. The molecular weight excluding hydrogens is 562 g/mol. The van der Waals surface area contributed by atoms with Crippen molar-refractivity contribution in [2.75, 3.05) is 99.7 Å². The molecule has 1 atom stereocenters. The van der Waals surface area contributed by atoms with Crippen LogP contribution in [-0.2, 0) is 9.47 Å². The molecule has 2 aromatic carbocycles. The van der Waals surface area contributed by atoms with Gasteiger partial charge in [-0.2, -0.15) is 15.0 Å². The van der Waals surface area contributed by atoms with Gasteiger partial charge in [-0.05, 0) is 62.5 Å². The van der Waals surface area contributed by atoms with Crippen LogP contribution in [0.1, 0.15) is 17.3 Å². The molecule has 232 valence electrons. The van der Waals surface area contributed by atoms with E-state index in [2.05, 4.69) is 39.3 Å². The van der Waals surface area contributed by atoms with Crippen molar-refractivity contribution >= 4 is 35.2 Å².